The lowest BCUT2D eigenvalue weighted by molar-refractivity contribution is 0.0415. The zero-order valence-electron chi connectivity index (χ0n) is 15.9. The molecular formula is C19H23N5O4. The fourth-order valence-corrected chi connectivity index (χ4v) is 3.01. The number of aromatic amines is 1. The van der Waals surface area contributed by atoms with Gasteiger partial charge >= 0.3 is 6.03 Å². The zero-order valence-corrected chi connectivity index (χ0v) is 15.9. The van der Waals surface area contributed by atoms with Crippen molar-refractivity contribution >= 4 is 22.8 Å². The molecule has 1 aromatic carbocycles. The highest BCUT2D eigenvalue weighted by Gasteiger charge is 2.30. The number of pyridine rings is 1. The Bertz CT molecular complexity index is 966. The van der Waals surface area contributed by atoms with Crippen molar-refractivity contribution in [1.29, 1.82) is 0 Å². The van der Waals surface area contributed by atoms with Gasteiger partial charge in [-0.3, -0.25) is 10.4 Å². The summed E-state index contributed by atoms with van der Waals surface area (Å²) >= 11 is 0. The monoisotopic (exact) mass is 385 g/mol. The highest BCUT2D eigenvalue weighted by molar-refractivity contribution is 5.93. The molecule has 1 unspecified atom stereocenters. The predicted molar refractivity (Wildman–Crippen MR) is 104 cm³/mol. The van der Waals surface area contributed by atoms with E-state index in [2.05, 4.69) is 25.8 Å². The maximum absolute atomic E-state index is 12.6. The second kappa shape index (κ2) is 7.83. The van der Waals surface area contributed by atoms with E-state index in [1.165, 1.54) is 7.11 Å². The molecule has 0 saturated heterocycles. The first kappa shape index (κ1) is 19.6. The Hall–Kier alpha value is -3.17. The van der Waals surface area contributed by atoms with Gasteiger partial charge in [-0.25, -0.2) is 9.78 Å². The number of rotatable bonds is 6. The van der Waals surface area contributed by atoms with E-state index in [-0.39, 0.29) is 12.4 Å². The maximum atomic E-state index is 12.6. The first-order valence-corrected chi connectivity index (χ1v) is 8.71. The number of amides is 2. The van der Waals surface area contributed by atoms with E-state index in [9.17, 15) is 15.0 Å². The molecule has 0 aliphatic heterocycles. The largest absolute Gasteiger partial charge is 0.479 e. The molecule has 9 nitrogen and oxygen atoms in total. The molecule has 3 aromatic rings. The Morgan fingerprint density at radius 3 is 2.64 bits per heavy atom. The number of hydrogen-bond acceptors (Lipinski definition) is 6. The number of methoxy groups -OCH3 is 1. The van der Waals surface area contributed by atoms with Crippen LogP contribution in [0.15, 0.2) is 36.4 Å². The first-order valence-electron chi connectivity index (χ1n) is 8.71. The van der Waals surface area contributed by atoms with Crippen molar-refractivity contribution in [2.45, 2.75) is 32.1 Å². The van der Waals surface area contributed by atoms with Crippen LogP contribution in [-0.4, -0.2) is 44.1 Å². The molecule has 2 aromatic heterocycles. The van der Waals surface area contributed by atoms with Gasteiger partial charge in [-0.05, 0) is 19.4 Å². The van der Waals surface area contributed by atoms with E-state index in [0.717, 1.165) is 5.56 Å². The molecule has 0 radical (unpaired) electrons. The quantitative estimate of drug-likeness (QED) is 0.441. The second-order valence-electron chi connectivity index (χ2n) is 6.86. The molecule has 2 amide bonds. The average Bonchev–Trinajstić information content (AvgIpc) is 3.08. The van der Waals surface area contributed by atoms with Gasteiger partial charge in [-0.2, -0.15) is 0 Å². The number of aromatic nitrogens is 3. The molecule has 148 valence electrons. The lowest BCUT2D eigenvalue weighted by Gasteiger charge is -2.30. The molecule has 0 bridgehead atoms. The maximum Gasteiger partial charge on any atom is 0.320 e. The van der Waals surface area contributed by atoms with Crippen LogP contribution in [0.2, 0.25) is 0 Å². The fraction of sp³-hybridized carbons (Fsp3) is 0.316. The zero-order chi connectivity index (χ0) is 20.3. The Balaban J connectivity index is 1.84. The summed E-state index contributed by atoms with van der Waals surface area (Å²) in [6.45, 7) is 2.89. The number of fused-ring (bicyclic) bond motifs is 1. The van der Waals surface area contributed by atoms with E-state index < -0.39 is 17.7 Å². The number of carbonyl (C=O) groups is 1. The van der Waals surface area contributed by atoms with Crippen molar-refractivity contribution in [3.63, 3.8) is 0 Å². The summed E-state index contributed by atoms with van der Waals surface area (Å²) in [5.41, 5.74) is 0.458. The van der Waals surface area contributed by atoms with Gasteiger partial charge in [-0.1, -0.05) is 30.3 Å². The molecule has 1 atom stereocenters. The van der Waals surface area contributed by atoms with Gasteiger partial charge in [0.25, 0.3) is 0 Å². The third-order valence-electron chi connectivity index (χ3n) is 4.29. The number of nitrogens with one attached hydrogen (secondary N) is 3. The van der Waals surface area contributed by atoms with Crippen LogP contribution in [0.1, 0.15) is 31.1 Å². The smallest absolute Gasteiger partial charge is 0.320 e. The highest BCUT2D eigenvalue weighted by atomic mass is 16.5. The molecule has 5 N–H and O–H groups in total. The van der Waals surface area contributed by atoms with Crippen LogP contribution in [0.5, 0.6) is 5.88 Å². The topological polar surface area (TPSA) is 132 Å². The number of aliphatic hydroxyl groups excluding tert-OH is 1. The third-order valence-corrected chi connectivity index (χ3v) is 4.29. The molecular weight excluding hydrogens is 362 g/mol. The molecule has 0 aliphatic carbocycles. The first-order chi connectivity index (χ1) is 13.3. The molecule has 0 saturated carbocycles. The fourth-order valence-electron chi connectivity index (χ4n) is 3.01. The van der Waals surface area contributed by atoms with E-state index >= 15 is 0 Å². The van der Waals surface area contributed by atoms with Crippen molar-refractivity contribution in [2.24, 2.45) is 0 Å². The Kier molecular flexibility index (Phi) is 5.48. The minimum atomic E-state index is -1.19. The molecule has 0 spiro atoms. The predicted octanol–water partition coefficient (Wildman–Crippen LogP) is 2.09. The number of carbonyl (C=O) groups excluding carboxylic acids is 1. The third kappa shape index (κ3) is 4.05. The number of anilines is 1. The minimum absolute atomic E-state index is 0.225. The van der Waals surface area contributed by atoms with E-state index in [1.807, 2.05) is 30.3 Å². The van der Waals surface area contributed by atoms with Gasteiger partial charge < -0.3 is 20.3 Å². The number of nitrogens with zero attached hydrogens (tertiary/aromatic N) is 2. The summed E-state index contributed by atoms with van der Waals surface area (Å²) in [5.74, 6) is 0.539. The number of hydrogen-bond donors (Lipinski definition) is 5. The summed E-state index contributed by atoms with van der Waals surface area (Å²) < 4.78 is 5.15. The normalized spacial score (nSPS) is 12.6. The van der Waals surface area contributed by atoms with Gasteiger partial charge in [0.15, 0.2) is 0 Å². The summed E-state index contributed by atoms with van der Waals surface area (Å²) in [4.78, 5) is 16.8. The highest BCUT2D eigenvalue weighted by Crippen LogP contribution is 2.28. The van der Waals surface area contributed by atoms with Crippen molar-refractivity contribution in [2.75, 3.05) is 12.4 Å². The van der Waals surface area contributed by atoms with E-state index in [1.54, 1.807) is 19.9 Å². The average molecular weight is 385 g/mol. The van der Waals surface area contributed by atoms with Crippen LogP contribution >= 0.6 is 0 Å². The van der Waals surface area contributed by atoms with Crippen LogP contribution in [-0.2, 0) is 6.61 Å². The summed E-state index contributed by atoms with van der Waals surface area (Å²) in [6.07, 6.45) is 0. The number of ether oxygens (including phenoxy) is 1. The SMILES string of the molecule is COc1n[nH]c2cc(NC(=O)NC(c3ccccc3)C(C)(C)O)nc(CO)c12. The van der Waals surface area contributed by atoms with Gasteiger partial charge in [-0.15, -0.1) is 5.10 Å². The van der Waals surface area contributed by atoms with Crippen LogP contribution < -0.4 is 15.4 Å². The number of H-pyrrole nitrogens is 1. The van der Waals surface area contributed by atoms with Gasteiger partial charge in [0.1, 0.15) is 5.82 Å². The van der Waals surface area contributed by atoms with Crippen molar-refractivity contribution < 1.29 is 19.7 Å². The Morgan fingerprint density at radius 2 is 2.04 bits per heavy atom. The van der Waals surface area contributed by atoms with E-state index in [4.69, 9.17) is 4.74 Å². The Labute approximate surface area is 161 Å². The number of urea groups is 1. The Morgan fingerprint density at radius 1 is 1.32 bits per heavy atom. The summed E-state index contributed by atoms with van der Waals surface area (Å²) in [7, 11) is 1.47. The number of benzene rings is 1. The van der Waals surface area contributed by atoms with Crippen LogP contribution in [0, 0.1) is 0 Å². The molecule has 0 aliphatic rings. The molecule has 28 heavy (non-hydrogen) atoms. The lowest BCUT2D eigenvalue weighted by atomic mass is 9.92. The minimum Gasteiger partial charge on any atom is -0.479 e. The van der Waals surface area contributed by atoms with Crippen molar-refractivity contribution in [3.05, 3.63) is 47.7 Å². The van der Waals surface area contributed by atoms with Gasteiger partial charge in [0.2, 0.25) is 5.88 Å². The van der Waals surface area contributed by atoms with Crippen molar-refractivity contribution in [1.82, 2.24) is 20.5 Å². The lowest BCUT2D eigenvalue weighted by Crippen LogP contribution is -2.44. The molecule has 3 rings (SSSR count). The second-order valence-corrected chi connectivity index (χ2v) is 6.86. The van der Waals surface area contributed by atoms with Crippen LogP contribution in [0.3, 0.4) is 0 Å². The van der Waals surface area contributed by atoms with Crippen LogP contribution in [0.25, 0.3) is 10.9 Å². The van der Waals surface area contributed by atoms with Crippen molar-refractivity contribution in [3.8, 4) is 5.88 Å². The van der Waals surface area contributed by atoms with Gasteiger partial charge in [0.05, 0.1) is 42.0 Å². The number of aliphatic hydroxyl groups is 2. The molecule has 0 fully saturated rings. The summed E-state index contributed by atoms with van der Waals surface area (Å²) in [6, 6.07) is 9.59. The molecule has 2 heterocycles. The van der Waals surface area contributed by atoms with E-state index in [0.29, 0.717) is 22.5 Å². The van der Waals surface area contributed by atoms with Gasteiger partial charge in [0, 0.05) is 6.07 Å². The molecule has 9 heteroatoms. The van der Waals surface area contributed by atoms with Crippen LogP contribution in [0.4, 0.5) is 10.6 Å². The standard InChI is InChI=1S/C19H23N5O4/c1-19(2,27)16(11-7-5-4-6-8-11)22-18(26)21-14-9-12-15(13(10-25)20-14)17(28-3)24-23-12/h4-9,16,25,27H,10H2,1-3H3,(H,23,24)(H2,20,21,22,26). The summed E-state index contributed by atoms with van der Waals surface area (Å²) in [5, 5.41) is 32.8.